The van der Waals surface area contributed by atoms with Gasteiger partial charge in [-0.2, -0.15) is 4.99 Å². The monoisotopic (exact) mass is 449 g/mol. The number of ether oxygens (including phenoxy) is 2. The van der Waals surface area contributed by atoms with E-state index in [1.807, 2.05) is 23.6 Å². The van der Waals surface area contributed by atoms with Crippen molar-refractivity contribution in [1.82, 2.24) is 8.87 Å². The number of methoxy groups -OCH3 is 2. The number of carbonyl (C=O) groups excluding carboxylic acids is 1. The van der Waals surface area contributed by atoms with Gasteiger partial charge in [0.2, 0.25) is 10.0 Å². The van der Waals surface area contributed by atoms with E-state index in [-0.39, 0.29) is 4.90 Å². The lowest BCUT2D eigenvalue weighted by atomic mass is 10.2. The van der Waals surface area contributed by atoms with Crippen LogP contribution in [0.4, 0.5) is 0 Å². The molecule has 0 aliphatic heterocycles. The molecule has 0 saturated heterocycles. The van der Waals surface area contributed by atoms with Crippen molar-refractivity contribution in [3.05, 3.63) is 46.8 Å². The lowest BCUT2D eigenvalue weighted by molar-refractivity contribution is 0.0997. The lowest BCUT2D eigenvalue weighted by Gasteiger charge is -2.11. The molecule has 0 N–H and O–H groups in total. The number of rotatable bonds is 6. The Hall–Kier alpha value is -2.69. The van der Waals surface area contributed by atoms with E-state index in [9.17, 15) is 13.2 Å². The van der Waals surface area contributed by atoms with E-state index < -0.39 is 15.9 Å². The number of nitrogens with zero attached hydrogens (tertiary/aromatic N) is 3. The molecule has 30 heavy (non-hydrogen) atoms. The average Bonchev–Trinajstić information content (AvgIpc) is 3.10. The van der Waals surface area contributed by atoms with Crippen molar-refractivity contribution in [3.8, 4) is 11.5 Å². The third-order valence-corrected chi connectivity index (χ3v) is 7.51. The Morgan fingerprint density at radius 1 is 1.07 bits per heavy atom. The number of hydrogen-bond donors (Lipinski definition) is 0. The number of carbonyl (C=O) groups is 1. The molecule has 10 heteroatoms. The summed E-state index contributed by atoms with van der Waals surface area (Å²) >= 11 is 1.33. The Balaban J connectivity index is 2.10. The molecule has 2 aromatic carbocycles. The number of hydrogen-bond acceptors (Lipinski definition) is 6. The van der Waals surface area contributed by atoms with Crippen LogP contribution in [0.15, 0.2) is 46.3 Å². The molecule has 0 spiro atoms. The molecule has 1 aromatic heterocycles. The highest BCUT2D eigenvalue weighted by Crippen LogP contribution is 2.35. The third-order valence-electron chi connectivity index (χ3n) is 4.59. The van der Waals surface area contributed by atoms with Gasteiger partial charge in [0, 0.05) is 26.2 Å². The third kappa shape index (κ3) is 3.85. The summed E-state index contributed by atoms with van der Waals surface area (Å²) in [5.41, 5.74) is 1.11. The number of aromatic nitrogens is 1. The minimum absolute atomic E-state index is 0.115. The minimum atomic E-state index is -3.56. The van der Waals surface area contributed by atoms with Gasteiger partial charge in [-0.15, -0.1) is 0 Å². The number of fused-ring (bicyclic) bond motifs is 1. The molecule has 8 nitrogen and oxygen atoms in total. The first-order valence-electron chi connectivity index (χ1n) is 9.10. The number of amides is 1. The summed E-state index contributed by atoms with van der Waals surface area (Å²) < 4.78 is 39.2. The SMILES string of the molecule is CCn1c(=NC(=O)c2ccc(S(=O)(=O)N(C)C)cc2)sc2c(OC)ccc(OC)c21. The summed E-state index contributed by atoms with van der Waals surface area (Å²) in [4.78, 5) is 17.7. The second-order valence-corrected chi connectivity index (χ2v) is 9.63. The van der Waals surface area contributed by atoms with Gasteiger partial charge in [-0.25, -0.2) is 12.7 Å². The molecule has 0 fully saturated rings. The van der Waals surface area contributed by atoms with Crippen LogP contribution in [0.3, 0.4) is 0 Å². The molecule has 0 unspecified atom stereocenters. The zero-order chi connectivity index (χ0) is 22.1. The van der Waals surface area contributed by atoms with Crippen LogP contribution >= 0.6 is 11.3 Å². The highest BCUT2D eigenvalue weighted by Gasteiger charge is 2.18. The summed E-state index contributed by atoms with van der Waals surface area (Å²) in [7, 11) is 2.52. The Labute approximate surface area is 179 Å². The van der Waals surface area contributed by atoms with Gasteiger partial charge < -0.3 is 14.0 Å². The van der Waals surface area contributed by atoms with Crippen molar-refractivity contribution in [3.63, 3.8) is 0 Å². The quantitative estimate of drug-likeness (QED) is 0.577. The molecule has 3 aromatic rings. The largest absolute Gasteiger partial charge is 0.495 e. The van der Waals surface area contributed by atoms with E-state index in [4.69, 9.17) is 9.47 Å². The van der Waals surface area contributed by atoms with Crippen molar-refractivity contribution in [2.45, 2.75) is 18.4 Å². The Kier molecular flexibility index (Phi) is 6.30. The highest BCUT2D eigenvalue weighted by molar-refractivity contribution is 7.89. The van der Waals surface area contributed by atoms with Gasteiger partial charge >= 0.3 is 0 Å². The zero-order valence-electron chi connectivity index (χ0n) is 17.4. The van der Waals surface area contributed by atoms with Gasteiger partial charge in [-0.1, -0.05) is 11.3 Å². The molecule has 0 radical (unpaired) electrons. The van der Waals surface area contributed by atoms with Crippen LogP contribution in [0.1, 0.15) is 17.3 Å². The van der Waals surface area contributed by atoms with E-state index in [1.165, 1.54) is 49.7 Å². The fourth-order valence-electron chi connectivity index (χ4n) is 2.96. The lowest BCUT2D eigenvalue weighted by Crippen LogP contribution is -2.22. The molecule has 0 aliphatic rings. The first-order valence-corrected chi connectivity index (χ1v) is 11.4. The molecule has 0 bridgehead atoms. The maximum absolute atomic E-state index is 12.8. The van der Waals surface area contributed by atoms with Crippen molar-refractivity contribution < 1.29 is 22.7 Å². The molecular formula is C20H23N3O5S2. The summed E-state index contributed by atoms with van der Waals surface area (Å²) in [5.74, 6) is 0.872. The van der Waals surface area contributed by atoms with Crippen LogP contribution in [-0.4, -0.2) is 51.5 Å². The van der Waals surface area contributed by atoms with E-state index in [0.29, 0.717) is 28.4 Å². The zero-order valence-corrected chi connectivity index (χ0v) is 19.0. The van der Waals surface area contributed by atoms with E-state index in [0.717, 1.165) is 14.5 Å². The number of aryl methyl sites for hydroxylation is 1. The summed E-state index contributed by atoms with van der Waals surface area (Å²) in [6, 6.07) is 9.37. The summed E-state index contributed by atoms with van der Waals surface area (Å²) in [6.45, 7) is 2.53. The molecular weight excluding hydrogens is 426 g/mol. The molecule has 0 atom stereocenters. The first kappa shape index (κ1) is 22.0. The van der Waals surface area contributed by atoms with Crippen LogP contribution in [0, 0.1) is 0 Å². The van der Waals surface area contributed by atoms with Crippen LogP contribution in [0.5, 0.6) is 11.5 Å². The van der Waals surface area contributed by atoms with Gasteiger partial charge in [0.15, 0.2) is 4.80 Å². The van der Waals surface area contributed by atoms with Crippen molar-refractivity contribution in [1.29, 1.82) is 0 Å². The Morgan fingerprint density at radius 3 is 2.20 bits per heavy atom. The molecule has 0 saturated carbocycles. The molecule has 0 aliphatic carbocycles. The topological polar surface area (TPSA) is 90.2 Å². The van der Waals surface area contributed by atoms with Crippen molar-refractivity contribution in [2.75, 3.05) is 28.3 Å². The predicted octanol–water partition coefficient (Wildman–Crippen LogP) is 2.73. The number of sulfonamides is 1. The van der Waals surface area contributed by atoms with Crippen molar-refractivity contribution in [2.24, 2.45) is 4.99 Å². The fraction of sp³-hybridized carbons (Fsp3) is 0.300. The molecule has 1 amide bonds. The summed E-state index contributed by atoms with van der Waals surface area (Å²) in [5, 5.41) is 0. The highest BCUT2D eigenvalue weighted by atomic mass is 32.2. The standard InChI is InChI=1S/C20H23N3O5S2/c1-6-23-17-15(27-4)11-12-16(28-5)18(17)29-20(23)21-19(24)13-7-9-14(10-8-13)30(25,26)22(2)3/h7-12H,6H2,1-5H3. The van der Waals surface area contributed by atoms with Gasteiger partial charge in [-0.05, 0) is 43.3 Å². The van der Waals surface area contributed by atoms with Crippen LogP contribution in [0.25, 0.3) is 10.2 Å². The number of benzene rings is 2. The minimum Gasteiger partial charge on any atom is -0.495 e. The summed E-state index contributed by atoms with van der Waals surface area (Å²) in [6.07, 6.45) is 0. The molecule has 3 rings (SSSR count). The first-order chi connectivity index (χ1) is 14.2. The van der Waals surface area contributed by atoms with Gasteiger partial charge in [-0.3, -0.25) is 4.79 Å². The van der Waals surface area contributed by atoms with Gasteiger partial charge in [0.1, 0.15) is 21.7 Å². The van der Waals surface area contributed by atoms with Gasteiger partial charge in [0.05, 0.1) is 19.1 Å². The van der Waals surface area contributed by atoms with E-state index >= 15 is 0 Å². The maximum Gasteiger partial charge on any atom is 0.279 e. The second-order valence-electron chi connectivity index (χ2n) is 6.51. The molecule has 1 heterocycles. The van der Waals surface area contributed by atoms with E-state index in [1.54, 1.807) is 14.2 Å². The number of thiazole rings is 1. The normalized spacial score (nSPS) is 12.5. The molecule has 160 valence electrons. The fourth-order valence-corrected chi connectivity index (χ4v) is 5.07. The Morgan fingerprint density at radius 2 is 1.67 bits per heavy atom. The maximum atomic E-state index is 12.8. The van der Waals surface area contributed by atoms with E-state index in [2.05, 4.69) is 4.99 Å². The van der Waals surface area contributed by atoms with Crippen LogP contribution in [-0.2, 0) is 16.6 Å². The average molecular weight is 450 g/mol. The van der Waals surface area contributed by atoms with Crippen molar-refractivity contribution >= 4 is 37.5 Å². The van der Waals surface area contributed by atoms with Crippen LogP contribution in [0.2, 0.25) is 0 Å². The smallest absolute Gasteiger partial charge is 0.279 e. The second kappa shape index (κ2) is 8.58. The van der Waals surface area contributed by atoms with Gasteiger partial charge in [0.25, 0.3) is 5.91 Å². The Bertz CT molecular complexity index is 1260. The predicted molar refractivity (Wildman–Crippen MR) is 116 cm³/mol. The van der Waals surface area contributed by atoms with Crippen LogP contribution < -0.4 is 14.3 Å².